The molecule has 3 aromatic carbocycles. The second-order valence-electron chi connectivity index (χ2n) is 13.2. The summed E-state index contributed by atoms with van der Waals surface area (Å²) in [5.74, 6) is 2.20. The Bertz CT molecular complexity index is 1660. The molecule has 1 saturated heterocycles. The van der Waals surface area contributed by atoms with Crippen LogP contribution in [0.4, 0.5) is 10.5 Å². The zero-order chi connectivity index (χ0) is 31.3. The molecule has 4 amide bonds. The number of imide groups is 2. The highest BCUT2D eigenvalue weighted by molar-refractivity contribution is 14.1. The first-order valence-corrected chi connectivity index (χ1v) is 17.0. The summed E-state index contributed by atoms with van der Waals surface area (Å²) in [6.07, 6.45) is 9.34. The van der Waals surface area contributed by atoms with E-state index in [4.69, 9.17) is 9.47 Å². The fraction of sp³-hybridized carbons (Fsp3) is 0.378. The number of aryl methyl sites for hydroxylation is 1. The van der Waals surface area contributed by atoms with Gasteiger partial charge in [-0.3, -0.25) is 14.9 Å². The van der Waals surface area contributed by atoms with Gasteiger partial charge in [-0.15, -0.1) is 0 Å². The van der Waals surface area contributed by atoms with Gasteiger partial charge < -0.3 is 9.47 Å². The molecule has 3 aromatic rings. The standard InChI is InChI=1S/C37H37IN2O5/c1-3-44-32-17-24(16-31(38)33(32)45-21-23-6-4-22(2)5-7-23)15-30-34(41)39-36(43)40(35(30)42)29-10-8-28(9-11-29)37-18-25-12-26(19-37)14-27(13-25)20-37/h4-11,15-17,25-27H,3,12-14,18-21H2,1-2H3,(H,39,41,43)/b30-15+. The first kappa shape index (κ1) is 30.0. The number of nitrogens with one attached hydrogen (secondary N) is 1. The molecule has 0 atom stereocenters. The quantitative estimate of drug-likeness (QED) is 0.147. The second-order valence-corrected chi connectivity index (χ2v) is 14.4. The number of hydrogen-bond donors (Lipinski definition) is 1. The van der Waals surface area contributed by atoms with Crippen molar-refractivity contribution in [1.29, 1.82) is 0 Å². The average Bonchev–Trinajstić information content (AvgIpc) is 2.99. The first-order chi connectivity index (χ1) is 21.7. The lowest BCUT2D eigenvalue weighted by atomic mass is 9.48. The Labute approximate surface area is 277 Å². The number of hydrogen-bond acceptors (Lipinski definition) is 5. The van der Waals surface area contributed by atoms with Gasteiger partial charge in [0.05, 0.1) is 15.9 Å². The van der Waals surface area contributed by atoms with E-state index < -0.39 is 17.8 Å². The maximum absolute atomic E-state index is 13.7. The van der Waals surface area contributed by atoms with Crippen molar-refractivity contribution in [2.75, 3.05) is 11.5 Å². The number of ether oxygens (including phenoxy) is 2. The van der Waals surface area contributed by atoms with Gasteiger partial charge in [-0.1, -0.05) is 42.0 Å². The van der Waals surface area contributed by atoms with Crippen LogP contribution in [0.2, 0.25) is 0 Å². The third kappa shape index (κ3) is 5.77. The topological polar surface area (TPSA) is 84.9 Å². The van der Waals surface area contributed by atoms with Gasteiger partial charge in [0.2, 0.25) is 0 Å². The highest BCUT2D eigenvalue weighted by Crippen LogP contribution is 2.60. The molecule has 45 heavy (non-hydrogen) atoms. The van der Waals surface area contributed by atoms with E-state index >= 15 is 0 Å². The van der Waals surface area contributed by atoms with Crippen molar-refractivity contribution in [3.63, 3.8) is 0 Å². The van der Waals surface area contributed by atoms with E-state index in [1.807, 2.05) is 56.3 Å². The van der Waals surface area contributed by atoms with Crippen LogP contribution in [-0.2, 0) is 21.6 Å². The Morgan fingerprint density at radius 3 is 2.18 bits per heavy atom. The summed E-state index contributed by atoms with van der Waals surface area (Å²) in [4.78, 5) is 40.7. The summed E-state index contributed by atoms with van der Waals surface area (Å²) in [5.41, 5.74) is 4.66. The minimum atomic E-state index is -0.742. The van der Waals surface area contributed by atoms with E-state index in [1.54, 1.807) is 6.07 Å². The minimum Gasteiger partial charge on any atom is -0.490 e. The number of rotatable bonds is 8. The third-order valence-electron chi connectivity index (χ3n) is 10.0. The Balaban J connectivity index is 1.14. The van der Waals surface area contributed by atoms with Gasteiger partial charge in [0.1, 0.15) is 12.2 Å². The molecule has 4 saturated carbocycles. The molecule has 0 aromatic heterocycles. The number of carbonyl (C=O) groups is 3. The van der Waals surface area contributed by atoms with Gasteiger partial charge in [0, 0.05) is 0 Å². The molecule has 4 bridgehead atoms. The van der Waals surface area contributed by atoms with Crippen molar-refractivity contribution in [3.8, 4) is 11.5 Å². The lowest BCUT2D eigenvalue weighted by Crippen LogP contribution is -2.54. The molecule has 0 unspecified atom stereocenters. The summed E-state index contributed by atoms with van der Waals surface area (Å²) < 4.78 is 12.8. The molecule has 5 fully saturated rings. The molecule has 232 valence electrons. The fourth-order valence-electron chi connectivity index (χ4n) is 8.40. The SMILES string of the molecule is CCOc1cc(/C=C2\C(=O)NC(=O)N(c3ccc(C45CC6CC(CC(C6)C4)C5)cc3)C2=O)cc(I)c1OCc1ccc(C)cc1. The highest BCUT2D eigenvalue weighted by Gasteiger charge is 2.51. The second kappa shape index (κ2) is 11.9. The van der Waals surface area contributed by atoms with E-state index in [-0.39, 0.29) is 11.0 Å². The largest absolute Gasteiger partial charge is 0.490 e. The molecule has 0 radical (unpaired) electrons. The van der Waals surface area contributed by atoms with Gasteiger partial charge in [-0.25, -0.2) is 9.69 Å². The first-order valence-electron chi connectivity index (χ1n) is 15.9. The van der Waals surface area contributed by atoms with E-state index in [0.29, 0.717) is 36.0 Å². The van der Waals surface area contributed by atoms with Gasteiger partial charge in [-0.05, 0) is 145 Å². The van der Waals surface area contributed by atoms with Crippen molar-refractivity contribution in [2.24, 2.45) is 17.8 Å². The number of amides is 4. The van der Waals surface area contributed by atoms with Crippen molar-refractivity contribution in [3.05, 3.63) is 92.1 Å². The Hall–Kier alpha value is -3.66. The Kier molecular flexibility index (Phi) is 7.96. The van der Waals surface area contributed by atoms with E-state index in [0.717, 1.165) is 31.8 Å². The fourth-order valence-corrected chi connectivity index (χ4v) is 9.18. The number of barbiturate groups is 1. The summed E-state index contributed by atoms with van der Waals surface area (Å²) in [6, 6.07) is 18.9. The summed E-state index contributed by atoms with van der Waals surface area (Å²) in [5, 5.41) is 2.36. The number of carbonyl (C=O) groups excluding carboxylic acids is 3. The van der Waals surface area contributed by atoms with Gasteiger partial charge in [0.25, 0.3) is 11.8 Å². The molecule has 8 heteroatoms. The van der Waals surface area contributed by atoms with Crippen LogP contribution >= 0.6 is 22.6 Å². The zero-order valence-electron chi connectivity index (χ0n) is 25.6. The number of anilines is 1. The molecule has 1 N–H and O–H groups in total. The highest BCUT2D eigenvalue weighted by atomic mass is 127. The molecule has 4 aliphatic carbocycles. The molecule has 7 nitrogen and oxygen atoms in total. The summed E-state index contributed by atoms with van der Waals surface area (Å²) in [6.45, 7) is 4.71. The Morgan fingerprint density at radius 2 is 1.56 bits per heavy atom. The van der Waals surface area contributed by atoms with E-state index in [2.05, 4.69) is 40.0 Å². The molecular formula is C37H37IN2O5. The maximum atomic E-state index is 13.7. The molecule has 0 spiro atoms. The van der Waals surface area contributed by atoms with Crippen molar-refractivity contribution >= 4 is 52.2 Å². The van der Waals surface area contributed by atoms with Crippen LogP contribution in [0, 0.1) is 28.2 Å². The van der Waals surface area contributed by atoms with Gasteiger partial charge >= 0.3 is 6.03 Å². The normalized spacial score (nSPS) is 26.4. The van der Waals surface area contributed by atoms with Crippen LogP contribution in [0.15, 0.2) is 66.2 Å². The van der Waals surface area contributed by atoms with E-state index in [9.17, 15) is 14.4 Å². The van der Waals surface area contributed by atoms with Crippen molar-refractivity contribution < 1.29 is 23.9 Å². The van der Waals surface area contributed by atoms with E-state index in [1.165, 1.54) is 55.7 Å². The molecule has 5 aliphatic rings. The summed E-state index contributed by atoms with van der Waals surface area (Å²) >= 11 is 2.17. The van der Waals surface area contributed by atoms with Crippen LogP contribution in [0.1, 0.15) is 67.7 Å². The van der Waals surface area contributed by atoms with Crippen LogP contribution < -0.4 is 19.7 Å². The molecule has 8 rings (SSSR count). The van der Waals surface area contributed by atoms with Crippen molar-refractivity contribution in [1.82, 2.24) is 5.32 Å². The van der Waals surface area contributed by atoms with Crippen LogP contribution in [0.25, 0.3) is 6.08 Å². The number of benzene rings is 3. The van der Waals surface area contributed by atoms with Crippen LogP contribution in [0.5, 0.6) is 11.5 Å². The maximum Gasteiger partial charge on any atom is 0.335 e. The van der Waals surface area contributed by atoms with Gasteiger partial charge in [0.15, 0.2) is 11.5 Å². The predicted molar refractivity (Wildman–Crippen MR) is 181 cm³/mol. The average molecular weight is 717 g/mol. The third-order valence-corrected chi connectivity index (χ3v) is 10.8. The number of urea groups is 1. The van der Waals surface area contributed by atoms with Crippen molar-refractivity contribution in [2.45, 2.75) is 64.4 Å². The Morgan fingerprint density at radius 1 is 0.911 bits per heavy atom. The molecular weight excluding hydrogens is 679 g/mol. The van der Waals surface area contributed by atoms with Crippen LogP contribution in [-0.4, -0.2) is 24.5 Å². The smallest absolute Gasteiger partial charge is 0.335 e. The lowest BCUT2D eigenvalue weighted by Gasteiger charge is -2.57. The number of halogens is 1. The molecule has 1 heterocycles. The minimum absolute atomic E-state index is 0.119. The number of nitrogens with zero attached hydrogens (tertiary/aromatic N) is 1. The van der Waals surface area contributed by atoms with Gasteiger partial charge in [-0.2, -0.15) is 0 Å². The predicted octanol–water partition coefficient (Wildman–Crippen LogP) is 7.71. The lowest BCUT2D eigenvalue weighted by molar-refractivity contribution is -0.122. The summed E-state index contributed by atoms with van der Waals surface area (Å²) in [7, 11) is 0. The van der Waals surface area contributed by atoms with Crippen LogP contribution in [0.3, 0.4) is 0 Å². The zero-order valence-corrected chi connectivity index (χ0v) is 27.8. The molecule has 1 aliphatic heterocycles. The monoisotopic (exact) mass is 716 g/mol.